The highest BCUT2D eigenvalue weighted by Gasteiger charge is 2.29. The van der Waals surface area contributed by atoms with Gasteiger partial charge in [0.25, 0.3) is 0 Å². The van der Waals surface area contributed by atoms with E-state index in [-0.39, 0.29) is 80.7 Å². The lowest BCUT2D eigenvalue weighted by Gasteiger charge is -2.20. The van der Waals surface area contributed by atoms with Gasteiger partial charge in [-0.3, -0.25) is 18.4 Å². The molecule has 0 aliphatic heterocycles. The number of nitrogens with zero attached hydrogens (tertiary/aromatic N) is 4. The van der Waals surface area contributed by atoms with E-state index in [4.69, 9.17) is 19.4 Å². The lowest BCUT2D eigenvalue weighted by molar-refractivity contribution is -0.141. The van der Waals surface area contributed by atoms with Gasteiger partial charge in [-0.1, -0.05) is 12.1 Å². The number of carbonyl (C=O) groups excluding carboxylic acids is 2. The van der Waals surface area contributed by atoms with Crippen LogP contribution in [-0.2, 0) is 19.1 Å². The number of anilines is 2. The number of ether oxygens (including phenoxy) is 2. The minimum atomic E-state index is -0.530. The number of aromatic nitrogens is 4. The van der Waals surface area contributed by atoms with Crippen molar-refractivity contribution >= 4 is 56.4 Å². The second-order valence-corrected chi connectivity index (χ2v) is 15.0. The zero-order chi connectivity index (χ0) is 44.0. The highest BCUT2D eigenvalue weighted by atomic mass is 16.5. The van der Waals surface area contributed by atoms with E-state index < -0.39 is 23.0 Å². The molecule has 0 radical (unpaired) electrons. The van der Waals surface area contributed by atoms with Gasteiger partial charge in [-0.2, -0.15) is 0 Å². The first-order valence-corrected chi connectivity index (χ1v) is 19.8. The first-order valence-electron chi connectivity index (χ1n) is 19.8. The molecule has 16 nitrogen and oxygen atoms in total. The van der Waals surface area contributed by atoms with E-state index in [9.17, 15) is 40.2 Å². The maximum Gasteiger partial charge on any atom is 0.305 e. The molecule has 8 aromatic rings. The highest BCUT2D eigenvalue weighted by molar-refractivity contribution is 6.12. The number of phenols is 6. The first-order chi connectivity index (χ1) is 29.8. The van der Waals surface area contributed by atoms with Crippen molar-refractivity contribution in [1.82, 2.24) is 18.8 Å². The second-order valence-electron chi connectivity index (χ2n) is 15.0. The highest BCUT2D eigenvalue weighted by Crippen LogP contribution is 2.54. The van der Waals surface area contributed by atoms with Crippen molar-refractivity contribution in [2.75, 3.05) is 37.9 Å². The molecular weight excluding hydrogens is 797 g/mol. The molecule has 8 N–H and O–H groups in total. The van der Waals surface area contributed by atoms with Crippen molar-refractivity contribution in [2.45, 2.75) is 39.5 Å². The van der Waals surface area contributed by atoms with Gasteiger partial charge in [0.2, 0.25) is 0 Å². The second kappa shape index (κ2) is 16.3. The molecule has 0 bridgehead atoms. The Morgan fingerprint density at radius 1 is 0.565 bits per heavy atom. The largest absolute Gasteiger partial charge is 0.507 e. The van der Waals surface area contributed by atoms with Crippen LogP contribution in [0.15, 0.2) is 73.1 Å². The third-order valence-corrected chi connectivity index (χ3v) is 11.1. The van der Waals surface area contributed by atoms with E-state index in [1.807, 2.05) is 12.1 Å². The van der Waals surface area contributed by atoms with Crippen LogP contribution in [0.5, 0.6) is 34.5 Å². The predicted octanol–water partition coefficient (Wildman–Crippen LogP) is 7.87. The van der Waals surface area contributed by atoms with Gasteiger partial charge in [-0.25, -0.2) is 9.97 Å². The van der Waals surface area contributed by atoms with Crippen molar-refractivity contribution in [3.05, 3.63) is 84.2 Å². The lowest BCUT2D eigenvalue weighted by Crippen LogP contribution is -2.08. The maximum atomic E-state index is 12.2. The minimum absolute atomic E-state index is 0.135. The van der Waals surface area contributed by atoms with Crippen LogP contribution in [0, 0.1) is 13.8 Å². The van der Waals surface area contributed by atoms with E-state index in [1.54, 1.807) is 71.4 Å². The normalized spacial score (nSPS) is 11.5. The average Bonchev–Trinajstić information content (AvgIpc) is 3.81. The molecule has 4 aromatic carbocycles. The van der Waals surface area contributed by atoms with Crippen LogP contribution in [0.2, 0.25) is 0 Å². The van der Waals surface area contributed by atoms with Crippen LogP contribution in [0.4, 0.5) is 11.6 Å². The SMILES string of the molecule is COC(=O)CCCNc1c(-c2c(O)c(O)cc3c(O)c(-c4c(C)cc5c(-c6nc7ccccn7c6NCCCC(=O)OC)c(O)c(O)cc5c4O)c(C)cc23)nc2ccccn12. The third-order valence-electron chi connectivity index (χ3n) is 11.1. The number of esters is 2. The van der Waals surface area contributed by atoms with Gasteiger partial charge in [0, 0.05) is 60.2 Å². The smallest absolute Gasteiger partial charge is 0.305 e. The topological polar surface area (TPSA) is 233 Å². The molecule has 0 saturated heterocycles. The zero-order valence-corrected chi connectivity index (χ0v) is 34.3. The molecule has 4 aromatic heterocycles. The fraction of sp³-hybridized carbons (Fsp3) is 0.217. The van der Waals surface area contributed by atoms with Gasteiger partial charge in [-0.05, 0) is 97.1 Å². The average molecular weight is 841 g/mol. The minimum Gasteiger partial charge on any atom is -0.507 e. The number of aromatic hydroxyl groups is 6. The van der Waals surface area contributed by atoms with Crippen LogP contribution in [0.25, 0.3) is 66.5 Å². The van der Waals surface area contributed by atoms with Gasteiger partial charge in [0.05, 0.1) is 25.3 Å². The number of nitrogens with one attached hydrogen (secondary N) is 2. The van der Waals surface area contributed by atoms with Crippen LogP contribution in [0.1, 0.15) is 36.8 Å². The van der Waals surface area contributed by atoms with E-state index in [2.05, 4.69) is 10.6 Å². The summed E-state index contributed by atoms with van der Waals surface area (Å²) in [6.07, 6.45) is 4.79. The Hall–Kier alpha value is -7.88. The fourth-order valence-corrected chi connectivity index (χ4v) is 8.13. The molecule has 4 heterocycles. The monoisotopic (exact) mass is 840 g/mol. The quantitative estimate of drug-likeness (QED) is 0.0314. The number of benzene rings is 4. The third kappa shape index (κ3) is 6.94. The summed E-state index contributed by atoms with van der Waals surface area (Å²) >= 11 is 0. The predicted molar refractivity (Wildman–Crippen MR) is 234 cm³/mol. The van der Waals surface area contributed by atoms with Crippen LogP contribution < -0.4 is 10.6 Å². The molecule has 0 saturated carbocycles. The van der Waals surface area contributed by atoms with Gasteiger partial charge in [-0.15, -0.1) is 0 Å². The van der Waals surface area contributed by atoms with E-state index >= 15 is 0 Å². The molecule has 16 heteroatoms. The van der Waals surface area contributed by atoms with E-state index in [1.165, 1.54) is 26.4 Å². The fourth-order valence-electron chi connectivity index (χ4n) is 8.13. The molecule has 0 aliphatic rings. The summed E-state index contributed by atoms with van der Waals surface area (Å²) in [7, 11) is 2.65. The Bertz CT molecular complexity index is 2890. The summed E-state index contributed by atoms with van der Waals surface area (Å²) in [5.41, 5.74) is 3.28. The summed E-state index contributed by atoms with van der Waals surface area (Å²) < 4.78 is 13.1. The van der Waals surface area contributed by atoms with E-state index in [0.29, 0.717) is 70.8 Å². The number of rotatable bonds is 13. The summed E-state index contributed by atoms with van der Waals surface area (Å²) in [5.74, 6) is -2.39. The van der Waals surface area contributed by atoms with Crippen molar-refractivity contribution in [3.63, 3.8) is 0 Å². The summed E-state index contributed by atoms with van der Waals surface area (Å²) in [6, 6.07) is 16.7. The summed E-state index contributed by atoms with van der Waals surface area (Å²) in [6.45, 7) is 4.15. The van der Waals surface area contributed by atoms with Crippen molar-refractivity contribution in [2.24, 2.45) is 0 Å². The Labute approximate surface area is 353 Å². The van der Waals surface area contributed by atoms with Crippen LogP contribution >= 0.6 is 0 Å². The van der Waals surface area contributed by atoms with E-state index in [0.717, 1.165) is 0 Å². The Balaban J connectivity index is 1.29. The zero-order valence-electron chi connectivity index (χ0n) is 34.3. The number of phenolic OH excluding ortho intramolecular Hbond substituents is 6. The molecule has 0 amide bonds. The molecule has 0 unspecified atom stereocenters. The Kier molecular flexibility index (Phi) is 10.7. The number of pyridine rings is 2. The number of fused-ring (bicyclic) bond motifs is 4. The Morgan fingerprint density at radius 3 is 1.35 bits per heavy atom. The first kappa shape index (κ1) is 40.9. The molecular formula is C46H44N6O10. The molecule has 0 aliphatic carbocycles. The number of carbonyl (C=O) groups is 2. The van der Waals surface area contributed by atoms with Crippen molar-refractivity contribution in [3.8, 4) is 68.1 Å². The number of aryl methyl sites for hydroxylation is 2. The van der Waals surface area contributed by atoms with Gasteiger partial charge < -0.3 is 50.7 Å². The molecule has 0 spiro atoms. The molecule has 0 fully saturated rings. The van der Waals surface area contributed by atoms with Gasteiger partial charge in [0.1, 0.15) is 45.8 Å². The molecule has 0 atom stereocenters. The molecule has 8 rings (SSSR count). The summed E-state index contributed by atoms with van der Waals surface area (Å²) in [5, 5.41) is 77.5. The summed E-state index contributed by atoms with van der Waals surface area (Å²) in [4.78, 5) is 33.2. The standard InChI is InChI=1S/C46H44N6O10/c1-23-19-25-27(21-29(53)43(59)37(25)39-45(47-15-9-13-33(55)61-3)51-17-7-5-11-31(51)49-39)41(57)35(23)36-24(2)20-26-28(42(36)58)22-30(54)44(60)38(26)40-46(48-16-10-14-34(56)62-4)52-18-8-6-12-32(52)50-40/h5-8,11-12,17-22,47-48,53-54,57-60H,9-10,13-16H2,1-4H3. The number of imidazole rings is 2. The van der Waals surface area contributed by atoms with Crippen LogP contribution in [0.3, 0.4) is 0 Å². The van der Waals surface area contributed by atoms with Gasteiger partial charge >= 0.3 is 11.9 Å². The number of hydrogen-bond acceptors (Lipinski definition) is 14. The Morgan fingerprint density at radius 2 is 0.968 bits per heavy atom. The van der Waals surface area contributed by atoms with Crippen LogP contribution in [-0.4, -0.2) is 88.7 Å². The van der Waals surface area contributed by atoms with Gasteiger partial charge in [0.15, 0.2) is 23.0 Å². The lowest BCUT2D eigenvalue weighted by atomic mass is 9.87. The molecule has 318 valence electrons. The van der Waals surface area contributed by atoms with Crippen molar-refractivity contribution in [1.29, 1.82) is 0 Å². The number of hydrogen-bond donors (Lipinski definition) is 8. The molecule has 62 heavy (non-hydrogen) atoms. The van der Waals surface area contributed by atoms with Crippen molar-refractivity contribution < 1.29 is 49.7 Å². The number of methoxy groups -OCH3 is 2. The maximum absolute atomic E-state index is 12.2.